The van der Waals surface area contributed by atoms with Gasteiger partial charge < -0.3 is 14.8 Å². The van der Waals surface area contributed by atoms with Crippen molar-refractivity contribution in [3.05, 3.63) is 84.2 Å². The molecule has 0 spiro atoms. The van der Waals surface area contributed by atoms with Gasteiger partial charge in [-0.1, -0.05) is 12.1 Å². The fourth-order valence-electron chi connectivity index (χ4n) is 3.32. The van der Waals surface area contributed by atoms with Crippen LogP contribution < -0.4 is 5.32 Å². The molecule has 3 aromatic rings. The maximum atomic E-state index is 13.7. The van der Waals surface area contributed by atoms with Crippen LogP contribution in [0.5, 0.6) is 0 Å². The lowest BCUT2D eigenvalue weighted by Gasteiger charge is -2.25. The van der Waals surface area contributed by atoms with Gasteiger partial charge in [0.05, 0.1) is 17.8 Å². The monoisotopic (exact) mass is 352 g/mol. The Morgan fingerprint density at radius 1 is 1.12 bits per heavy atom. The number of likely N-dealkylation sites (N-methyl/N-ethyl adjacent to an activating group) is 1. The topological polar surface area (TPSA) is 33.1 Å². The molecular formula is C19H17FN4S. The summed E-state index contributed by atoms with van der Waals surface area (Å²) in [6, 6.07) is 16.3. The van der Waals surface area contributed by atoms with Gasteiger partial charge in [0.2, 0.25) is 0 Å². The van der Waals surface area contributed by atoms with Crippen LogP contribution in [0.3, 0.4) is 0 Å². The molecule has 1 saturated heterocycles. The number of halogens is 1. The Bertz CT molecular complexity index is 909. The summed E-state index contributed by atoms with van der Waals surface area (Å²) in [4.78, 5) is 6.52. The first-order valence-corrected chi connectivity index (χ1v) is 8.43. The van der Waals surface area contributed by atoms with Gasteiger partial charge in [-0.15, -0.1) is 0 Å². The SMILES string of the molecule is CN1C(=S)N[C@H](c2ccccn2)[C@H]1c1cccn1-c1cccc(F)c1. The molecule has 6 heteroatoms. The van der Waals surface area contributed by atoms with Crippen molar-refractivity contribution in [3.63, 3.8) is 0 Å². The Morgan fingerprint density at radius 2 is 2.00 bits per heavy atom. The number of pyridine rings is 1. The van der Waals surface area contributed by atoms with Crippen LogP contribution >= 0.6 is 12.2 Å². The Hall–Kier alpha value is -2.73. The van der Waals surface area contributed by atoms with Crippen molar-refractivity contribution in [1.29, 1.82) is 0 Å². The van der Waals surface area contributed by atoms with E-state index in [9.17, 15) is 4.39 Å². The van der Waals surface area contributed by atoms with Crippen LogP contribution in [0, 0.1) is 5.82 Å². The van der Waals surface area contributed by atoms with E-state index in [0.717, 1.165) is 17.1 Å². The van der Waals surface area contributed by atoms with Crippen LogP contribution in [0.2, 0.25) is 0 Å². The number of nitrogens with zero attached hydrogens (tertiary/aromatic N) is 3. The van der Waals surface area contributed by atoms with Crippen molar-refractivity contribution in [1.82, 2.24) is 19.8 Å². The van der Waals surface area contributed by atoms with Crippen molar-refractivity contribution in [2.45, 2.75) is 12.1 Å². The summed E-state index contributed by atoms with van der Waals surface area (Å²) in [6.07, 6.45) is 3.72. The molecule has 4 nitrogen and oxygen atoms in total. The van der Waals surface area contributed by atoms with Crippen LogP contribution in [0.4, 0.5) is 4.39 Å². The molecule has 2 aromatic heterocycles. The molecule has 0 radical (unpaired) electrons. The molecular weight excluding hydrogens is 335 g/mol. The van der Waals surface area contributed by atoms with E-state index < -0.39 is 0 Å². The van der Waals surface area contributed by atoms with Crippen LogP contribution in [-0.2, 0) is 0 Å². The molecule has 0 saturated carbocycles. The van der Waals surface area contributed by atoms with Crippen LogP contribution in [0.25, 0.3) is 5.69 Å². The molecule has 1 N–H and O–H groups in total. The van der Waals surface area contributed by atoms with Crippen molar-refractivity contribution in [3.8, 4) is 5.69 Å². The summed E-state index contributed by atoms with van der Waals surface area (Å²) in [5.74, 6) is -0.258. The van der Waals surface area contributed by atoms with Gasteiger partial charge in [-0.05, 0) is 54.7 Å². The second-order valence-electron chi connectivity index (χ2n) is 6.02. The summed E-state index contributed by atoms with van der Waals surface area (Å²) in [5, 5.41) is 4.03. The predicted molar refractivity (Wildman–Crippen MR) is 98.9 cm³/mol. The summed E-state index contributed by atoms with van der Waals surface area (Å²) in [7, 11) is 1.96. The van der Waals surface area contributed by atoms with E-state index in [4.69, 9.17) is 12.2 Å². The smallest absolute Gasteiger partial charge is 0.169 e. The second-order valence-corrected chi connectivity index (χ2v) is 6.41. The van der Waals surface area contributed by atoms with Gasteiger partial charge >= 0.3 is 0 Å². The number of nitrogens with one attached hydrogen (secondary N) is 1. The van der Waals surface area contributed by atoms with Gasteiger partial charge in [0.15, 0.2) is 5.11 Å². The van der Waals surface area contributed by atoms with Gasteiger partial charge in [-0.3, -0.25) is 4.98 Å². The maximum Gasteiger partial charge on any atom is 0.169 e. The average molecular weight is 352 g/mol. The third-order valence-corrected chi connectivity index (χ3v) is 4.91. The quantitative estimate of drug-likeness (QED) is 0.730. The standard InChI is InChI=1S/C19H17FN4S/c1-23-18(17(22-19(23)25)15-8-2-3-10-21-15)16-9-5-11-24(16)14-7-4-6-13(20)12-14/h2-12,17-18H,1H3,(H,22,25)/t17-,18-/m1/s1. The first-order valence-electron chi connectivity index (χ1n) is 8.02. The van der Waals surface area contributed by atoms with E-state index in [1.54, 1.807) is 12.3 Å². The molecule has 4 rings (SSSR count). The van der Waals surface area contributed by atoms with Crippen LogP contribution in [-0.4, -0.2) is 26.6 Å². The fourth-order valence-corrected chi connectivity index (χ4v) is 3.57. The lowest BCUT2D eigenvalue weighted by Crippen LogP contribution is -2.25. The number of benzene rings is 1. The Kier molecular flexibility index (Phi) is 3.97. The minimum Gasteiger partial charge on any atom is -0.352 e. The molecule has 1 aliphatic rings. The van der Waals surface area contributed by atoms with Gasteiger partial charge in [0.25, 0.3) is 0 Å². The Balaban J connectivity index is 1.80. The highest BCUT2D eigenvalue weighted by molar-refractivity contribution is 7.80. The molecule has 1 fully saturated rings. The van der Waals surface area contributed by atoms with E-state index in [1.807, 2.05) is 59.1 Å². The Morgan fingerprint density at radius 3 is 2.76 bits per heavy atom. The average Bonchev–Trinajstić information content (AvgIpc) is 3.21. The molecule has 0 aliphatic carbocycles. The largest absolute Gasteiger partial charge is 0.352 e. The number of aromatic nitrogens is 2. The van der Waals surface area contributed by atoms with E-state index in [2.05, 4.69) is 10.3 Å². The highest BCUT2D eigenvalue weighted by atomic mass is 32.1. The minimum absolute atomic E-state index is 0.0410. The normalized spacial score (nSPS) is 19.9. The van der Waals surface area contributed by atoms with Gasteiger partial charge in [0.1, 0.15) is 5.82 Å². The predicted octanol–water partition coefficient (Wildman–Crippen LogP) is 3.61. The molecule has 0 bridgehead atoms. The van der Waals surface area contributed by atoms with Gasteiger partial charge in [-0.25, -0.2) is 4.39 Å². The molecule has 25 heavy (non-hydrogen) atoms. The van der Waals surface area contributed by atoms with Gasteiger partial charge in [-0.2, -0.15) is 0 Å². The number of rotatable bonds is 3. The maximum absolute atomic E-state index is 13.7. The highest BCUT2D eigenvalue weighted by Crippen LogP contribution is 2.38. The zero-order valence-electron chi connectivity index (χ0n) is 13.6. The van der Waals surface area contributed by atoms with E-state index in [0.29, 0.717) is 5.11 Å². The molecule has 1 aliphatic heterocycles. The summed E-state index contributed by atoms with van der Waals surface area (Å²) >= 11 is 5.47. The zero-order chi connectivity index (χ0) is 17.4. The molecule has 0 unspecified atom stereocenters. The van der Waals surface area contributed by atoms with E-state index in [-0.39, 0.29) is 17.9 Å². The first-order chi connectivity index (χ1) is 12.1. The lowest BCUT2D eigenvalue weighted by atomic mass is 10.0. The number of thiocarbonyl (C=S) groups is 1. The third-order valence-electron chi connectivity index (χ3n) is 4.51. The van der Waals surface area contributed by atoms with Crippen LogP contribution in [0.1, 0.15) is 23.5 Å². The summed E-state index contributed by atoms with van der Waals surface area (Å²) in [5.41, 5.74) is 2.73. The second kappa shape index (κ2) is 6.29. The van der Waals surface area contributed by atoms with Crippen molar-refractivity contribution in [2.75, 3.05) is 7.05 Å². The van der Waals surface area contributed by atoms with Crippen molar-refractivity contribution in [2.24, 2.45) is 0 Å². The molecule has 0 amide bonds. The summed E-state index contributed by atoms with van der Waals surface area (Å²) < 4.78 is 15.7. The van der Waals surface area contributed by atoms with E-state index in [1.165, 1.54) is 12.1 Å². The van der Waals surface area contributed by atoms with Crippen LogP contribution in [0.15, 0.2) is 67.0 Å². The first kappa shape index (κ1) is 15.8. The Labute approximate surface area is 150 Å². The number of hydrogen-bond acceptors (Lipinski definition) is 2. The fraction of sp³-hybridized carbons (Fsp3) is 0.158. The number of hydrogen-bond donors (Lipinski definition) is 1. The minimum atomic E-state index is -0.258. The highest BCUT2D eigenvalue weighted by Gasteiger charge is 2.39. The molecule has 126 valence electrons. The molecule has 2 atom stereocenters. The molecule has 1 aromatic carbocycles. The molecule has 3 heterocycles. The van der Waals surface area contributed by atoms with E-state index >= 15 is 0 Å². The van der Waals surface area contributed by atoms with Crippen molar-refractivity contribution >= 4 is 17.3 Å². The lowest BCUT2D eigenvalue weighted by molar-refractivity contribution is 0.357. The zero-order valence-corrected chi connectivity index (χ0v) is 14.4. The third kappa shape index (κ3) is 2.78. The van der Waals surface area contributed by atoms with Crippen molar-refractivity contribution < 1.29 is 4.39 Å². The summed E-state index contributed by atoms with van der Waals surface area (Å²) in [6.45, 7) is 0. The van der Waals surface area contributed by atoms with Gasteiger partial charge in [0, 0.05) is 30.8 Å².